The lowest BCUT2D eigenvalue weighted by Crippen LogP contribution is -1.95. The average Bonchev–Trinajstić information content (AvgIpc) is 2.75. The normalized spacial score (nSPS) is 10.9. The number of aryl methyl sites for hydroxylation is 3. The van der Waals surface area contributed by atoms with E-state index < -0.39 is 0 Å². The van der Waals surface area contributed by atoms with Crippen LogP contribution in [-0.4, -0.2) is 9.97 Å². The Kier molecular flexibility index (Phi) is 2.75. The molecule has 0 radical (unpaired) electrons. The van der Waals surface area contributed by atoms with E-state index in [0.29, 0.717) is 0 Å². The number of fused-ring (bicyclic) bond motifs is 1. The van der Waals surface area contributed by atoms with Crippen molar-refractivity contribution < 1.29 is 0 Å². The van der Waals surface area contributed by atoms with Crippen LogP contribution in [-0.2, 0) is 0 Å². The molecular formula is C16H17N3. The van der Waals surface area contributed by atoms with Crippen LogP contribution in [0.2, 0.25) is 0 Å². The van der Waals surface area contributed by atoms with Crippen LogP contribution in [0.1, 0.15) is 16.7 Å². The van der Waals surface area contributed by atoms with Crippen LogP contribution in [0.3, 0.4) is 0 Å². The fraction of sp³-hybridized carbons (Fsp3) is 0.188. The molecule has 3 nitrogen and oxygen atoms in total. The fourth-order valence-electron chi connectivity index (χ4n) is 2.18. The van der Waals surface area contributed by atoms with E-state index in [1.54, 1.807) is 0 Å². The average molecular weight is 251 g/mol. The van der Waals surface area contributed by atoms with Crippen LogP contribution in [0.15, 0.2) is 36.4 Å². The van der Waals surface area contributed by atoms with Gasteiger partial charge in [-0.25, -0.2) is 4.98 Å². The van der Waals surface area contributed by atoms with Gasteiger partial charge in [-0.3, -0.25) is 0 Å². The highest BCUT2D eigenvalue weighted by molar-refractivity contribution is 5.79. The molecule has 0 fully saturated rings. The number of aromatic amines is 1. The summed E-state index contributed by atoms with van der Waals surface area (Å²) in [5.41, 5.74) is 6.82. The van der Waals surface area contributed by atoms with Gasteiger partial charge in [0.15, 0.2) is 0 Å². The minimum atomic E-state index is 0.786. The van der Waals surface area contributed by atoms with Gasteiger partial charge in [-0.05, 0) is 55.7 Å². The predicted molar refractivity (Wildman–Crippen MR) is 80.0 cm³/mol. The maximum Gasteiger partial charge on any atom is 0.205 e. The van der Waals surface area contributed by atoms with Gasteiger partial charge in [-0.15, -0.1) is 0 Å². The first-order valence-electron chi connectivity index (χ1n) is 6.42. The monoisotopic (exact) mass is 251 g/mol. The van der Waals surface area contributed by atoms with Crippen LogP contribution in [0.4, 0.5) is 11.6 Å². The molecule has 0 atom stereocenters. The van der Waals surface area contributed by atoms with Crippen molar-refractivity contribution in [2.45, 2.75) is 20.8 Å². The van der Waals surface area contributed by atoms with Crippen molar-refractivity contribution in [3.8, 4) is 0 Å². The second-order valence-corrected chi connectivity index (χ2v) is 5.05. The Bertz CT molecular complexity index is 741. The highest BCUT2D eigenvalue weighted by atomic mass is 15.1. The molecule has 0 amide bonds. The molecule has 3 aromatic rings. The molecule has 0 aliphatic heterocycles. The maximum absolute atomic E-state index is 4.55. The number of imidazole rings is 1. The van der Waals surface area contributed by atoms with E-state index in [9.17, 15) is 0 Å². The number of benzene rings is 2. The lowest BCUT2D eigenvalue weighted by Gasteiger charge is -2.07. The van der Waals surface area contributed by atoms with Gasteiger partial charge < -0.3 is 10.3 Å². The van der Waals surface area contributed by atoms with Gasteiger partial charge in [0.05, 0.1) is 11.0 Å². The molecule has 19 heavy (non-hydrogen) atoms. The Hall–Kier alpha value is -2.29. The van der Waals surface area contributed by atoms with Gasteiger partial charge in [-0.1, -0.05) is 18.2 Å². The number of H-pyrrole nitrogens is 1. The predicted octanol–water partition coefficient (Wildman–Crippen LogP) is 4.23. The van der Waals surface area contributed by atoms with Crippen molar-refractivity contribution in [3.05, 3.63) is 53.1 Å². The largest absolute Gasteiger partial charge is 0.326 e. The molecule has 3 rings (SSSR count). The van der Waals surface area contributed by atoms with E-state index in [0.717, 1.165) is 22.7 Å². The Morgan fingerprint density at radius 3 is 2.53 bits per heavy atom. The summed E-state index contributed by atoms with van der Waals surface area (Å²) in [5.74, 6) is 0.786. The van der Waals surface area contributed by atoms with Crippen molar-refractivity contribution in [1.82, 2.24) is 9.97 Å². The molecule has 0 saturated carbocycles. The molecule has 0 unspecified atom stereocenters. The first-order valence-corrected chi connectivity index (χ1v) is 6.42. The molecule has 0 aliphatic carbocycles. The van der Waals surface area contributed by atoms with Crippen LogP contribution in [0, 0.1) is 20.8 Å². The van der Waals surface area contributed by atoms with Gasteiger partial charge in [0, 0.05) is 5.69 Å². The van der Waals surface area contributed by atoms with Crippen LogP contribution < -0.4 is 5.32 Å². The molecule has 1 heterocycles. The third-order valence-corrected chi connectivity index (χ3v) is 3.28. The Labute approximate surface area is 112 Å². The number of rotatable bonds is 2. The summed E-state index contributed by atoms with van der Waals surface area (Å²) in [6.07, 6.45) is 0. The standard InChI is InChI=1S/C16H17N3/c1-10-4-6-12(3)14(8-10)18-16-17-13-7-5-11(2)9-15(13)19-16/h4-9H,1-3H3,(H2,17,18,19). The van der Waals surface area contributed by atoms with Crippen molar-refractivity contribution in [2.75, 3.05) is 5.32 Å². The molecule has 0 spiro atoms. The van der Waals surface area contributed by atoms with Crippen LogP contribution in [0.5, 0.6) is 0 Å². The second-order valence-electron chi connectivity index (χ2n) is 5.05. The minimum Gasteiger partial charge on any atom is -0.326 e. The summed E-state index contributed by atoms with van der Waals surface area (Å²) in [6, 6.07) is 12.6. The van der Waals surface area contributed by atoms with Crippen molar-refractivity contribution >= 4 is 22.7 Å². The lowest BCUT2D eigenvalue weighted by atomic mass is 10.1. The summed E-state index contributed by atoms with van der Waals surface area (Å²) in [7, 11) is 0. The Morgan fingerprint density at radius 1 is 0.947 bits per heavy atom. The maximum atomic E-state index is 4.55. The molecule has 96 valence electrons. The van der Waals surface area contributed by atoms with E-state index in [1.165, 1.54) is 16.7 Å². The van der Waals surface area contributed by atoms with Gasteiger partial charge in [0.25, 0.3) is 0 Å². The third kappa shape index (κ3) is 2.32. The Morgan fingerprint density at radius 2 is 1.68 bits per heavy atom. The Balaban J connectivity index is 1.98. The van der Waals surface area contributed by atoms with Crippen molar-refractivity contribution in [3.63, 3.8) is 0 Å². The van der Waals surface area contributed by atoms with Crippen molar-refractivity contribution in [2.24, 2.45) is 0 Å². The van der Waals surface area contributed by atoms with Gasteiger partial charge in [0.2, 0.25) is 5.95 Å². The summed E-state index contributed by atoms with van der Waals surface area (Å²) >= 11 is 0. The SMILES string of the molecule is Cc1ccc(C)c(Nc2nc3ccc(C)cc3[nH]2)c1. The number of hydrogen-bond donors (Lipinski definition) is 2. The number of aromatic nitrogens is 2. The molecule has 0 bridgehead atoms. The first-order chi connectivity index (χ1) is 9.11. The molecular weight excluding hydrogens is 234 g/mol. The van der Waals surface area contributed by atoms with Gasteiger partial charge >= 0.3 is 0 Å². The zero-order chi connectivity index (χ0) is 13.4. The second kappa shape index (κ2) is 4.43. The number of anilines is 2. The number of hydrogen-bond acceptors (Lipinski definition) is 2. The van der Waals surface area contributed by atoms with E-state index in [1.807, 2.05) is 6.07 Å². The minimum absolute atomic E-state index is 0.786. The van der Waals surface area contributed by atoms with E-state index >= 15 is 0 Å². The van der Waals surface area contributed by atoms with Crippen LogP contribution >= 0.6 is 0 Å². The molecule has 3 heteroatoms. The number of nitrogens with one attached hydrogen (secondary N) is 2. The summed E-state index contributed by atoms with van der Waals surface area (Å²) in [6.45, 7) is 6.26. The zero-order valence-corrected chi connectivity index (χ0v) is 11.4. The van der Waals surface area contributed by atoms with Crippen molar-refractivity contribution in [1.29, 1.82) is 0 Å². The zero-order valence-electron chi connectivity index (χ0n) is 11.4. The quantitative estimate of drug-likeness (QED) is 0.715. The highest BCUT2D eigenvalue weighted by Gasteiger charge is 2.05. The van der Waals surface area contributed by atoms with Gasteiger partial charge in [0.1, 0.15) is 0 Å². The fourth-order valence-corrected chi connectivity index (χ4v) is 2.18. The topological polar surface area (TPSA) is 40.7 Å². The van der Waals surface area contributed by atoms with E-state index in [-0.39, 0.29) is 0 Å². The third-order valence-electron chi connectivity index (χ3n) is 3.28. The number of nitrogens with zero attached hydrogens (tertiary/aromatic N) is 1. The van der Waals surface area contributed by atoms with Gasteiger partial charge in [-0.2, -0.15) is 0 Å². The molecule has 2 N–H and O–H groups in total. The molecule has 2 aromatic carbocycles. The first kappa shape index (κ1) is 11.8. The molecule has 0 aliphatic rings. The summed E-state index contributed by atoms with van der Waals surface area (Å²) in [5, 5.41) is 3.36. The van der Waals surface area contributed by atoms with E-state index in [4.69, 9.17) is 0 Å². The summed E-state index contributed by atoms with van der Waals surface area (Å²) in [4.78, 5) is 7.86. The van der Waals surface area contributed by atoms with Crippen LogP contribution in [0.25, 0.3) is 11.0 Å². The summed E-state index contributed by atoms with van der Waals surface area (Å²) < 4.78 is 0. The smallest absolute Gasteiger partial charge is 0.205 e. The molecule has 0 saturated heterocycles. The van der Waals surface area contributed by atoms with E-state index in [2.05, 4.69) is 66.4 Å². The highest BCUT2D eigenvalue weighted by Crippen LogP contribution is 2.22. The molecule has 1 aromatic heterocycles. The lowest BCUT2D eigenvalue weighted by molar-refractivity contribution is 1.28.